The summed E-state index contributed by atoms with van der Waals surface area (Å²) in [7, 11) is 0. The van der Waals surface area contributed by atoms with Gasteiger partial charge in [-0.3, -0.25) is 4.79 Å². The van der Waals surface area contributed by atoms with Crippen LogP contribution in [-0.4, -0.2) is 12.1 Å². The molecule has 0 saturated heterocycles. The van der Waals surface area contributed by atoms with Crippen molar-refractivity contribution < 1.29 is 4.79 Å². The Morgan fingerprint density at radius 1 is 1.36 bits per heavy atom. The molecular formula is C11H14N2O. The van der Waals surface area contributed by atoms with Gasteiger partial charge in [0.2, 0.25) is 5.91 Å². The van der Waals surface area contributed by atoms with Crippen molar-refractivity contribution >= 4 is 12.1 Å². The summed E-state index contributed by atoms with van der Waals surface area (Å²) in [5.74, 6) is -0.111. The van der Waals surface area contributed by atoms with Gasteiger partial charge in [-0.05, 0) is 5.56 Å². The van der Waals surface area contributed by atoms with Crippen LogP contribution in [0.4, 0.5) is 0 Å². The molecule has 0 heterocycles. The van der Waals surface area contributed by atoms with Crippen molar-refractivity contribution in [1.82, 2.24) is 5.43 Å². The van der Waals surface area contributed by atoms with Crippen LogP contribution in [0.25, 0.3) is 0 Å². The van der Waals surface area contributed by atoms with Crippen molar-refractivity contribution in [2.24, 2.45) is 11.0 Å². The third-order valence-electron chi connectivity index (χ3n) is 1.71. The molecule has 14 heavy (non-hydrogen) atoms. The Balaban J connectivity index is 2.46. The van der Waals surface area contributed by atoms with Crippen molar-refractivity contribution in [3.8, 4) is 0 Å². The van der Waals surface area contributed by atoms with E-state index in [1.54, 1.807) is 6.21 Å². The minimum Gasteiger partial charge on any atom is -0.273 e. The Morgan fingerprint density at radius 3 is 2.57 bits per heavy atom. The molecule has 0 aliphatic rings. The molecule has 1 aromatic carbocycles. The smallest absolute Gasteiger partial charge is 0.242 e. The molecule has 0 unspecified atom stereocenters. The molecular weight excluding hydrogens is 176 g/mol. The number of nitrogens with zero attached hydrogens (tertiary/aromatic N) is 1. The van der Waals surface area contributed by atoms with E-state index in [0.717, 1.165) is 5.56 Å². The first-order valence-corrected chi connectivity index (χ1v) is 4.58. The molecule has 3 heteroatoms. The summed E-state index contributed by atoms with van der Waals surface area (Å²) in [4.78, 5) is 11.1. The van der Waals surface area contributed by atoms with Gasteiger partial charge in [0.15, 0.2) is 0 Å². The van der Waals surface area contributed by atoms with Crippen molar-refractivity contribution in [2.75, 3.05) is 0 Å². The number of hydrazone groups is 1. The van der Waals surface area contributed by atoms with Crippen LogP contribution in [0.5, 0.6) is 0 Å². The summed E-state index contributed by atoms with van der Waals surface area (Å²) < 4.78 is 0. The topological polar surface area (TPSA) is 41.5 Å². The van der Waals surface area contributed by atoms with Crippen molar-refractivity contribution in [2.45, 2.75) is 13.8 Å². The first-order valence-electron chi connectivity index (χ1n) is 4.58. The maximum atomic E-state index is 11.1. The number of benzene rings is 1. The summed E-state index contributed by atoms with van der Waals surface area (Å²) in [5.41, 5.74) is 3.43. The molecule has 3 nitrogen and oxygen atoms in total. The molecule has 0 atom stereocenters. The average Bonchev–Trinajstić information content (AvgIpc) is 2.19. The first kappa shape index (κ1) is 10.4. The van der Waals surface area contributed by atoms with Gasteiger partial charge in [-0.15, -0.1) is 0 Å². The molecule has 1 amide bonds. The zero-order valence-electron chi connectivity index (χ0n) is 8.40. The molecule has 1 N–H and O–H groups in total. The fraction of sp³-hybridized carbons (Fsp3) is 0.273. The van der Waals surface area contributed by atoms with E-state index < -0.39 is 0 Å². The molecule has 0 aromatic heterocycles. The Labute approximate surface area is 83.8 Å². The molecule has 0 radical (unpaired) electrons. The van der Waals surface area contributed by atoms with Crippen LogP contribution in [-0.2, 0) is 4.79 Å². The van der Waals surface area contributed by atoms with Gasteiger partial charge in [0, 0.05) is 5.92 Å². The van der Waals surface area contributed by atoms with E-state index in [1.165, 1.54) is 0 Å². The quantitative estimate of drug-likeness (QED) is 0.573. The molecule has 0 aliphatic carbocycles. The van der Waals surface area contributed by atoms with E-state index in [1.807, 2.05) is 44.2 Å². The number of hydrogen-bond donors (Lipinski definition) is 1. The molecule has 1 rings (SSSR count). The van der Waals surface area contributed by atoms with Gasteiger partial charge in [0.05, 0.1) is 6.21 Å². The molecule has 0 aliphatic heterocycles. The lowest BCUT2D eigenvalue weighted by Gasteiger charge is -2.00. The summed E-state index contributed by atoms with van der Waals surface area (Å²) in [6.07, 6.45) is 1.63. The number of carbonyl (C=O) groups is 1. The van der Waals surface area contributed by atoms with E-state index in [4.69, 9.17) is 0 Å². The molecule has 0 fully saturated rings. The second kappa shape index (κ2) is 5.17. The minimum absolute atomic E-state index is 0.0390. The molecule has 0 spiro atoms. The molecule has 1 aromatic rings. The van der Waals surface area contributed by atoms with Crippen molar-refractivity contribution in [1.29, 1.82) is 0 Å². The normalized spacial score (nSPS) is 10.8. The molecule has 74 valence electrons. The fourth-order valence-electron chi connectivity index (χ4n) is 0.839. The summed E-state index contributed by atoms with van der Waals surface area (Å²) in [6.45, 7) is 3.65. The van der Waals surface area contributed by atoms with Gasteiger partial charge in [-0.25, -0.2) is 5.43 Å². The standard InChI is InChI=1S/C11H14N2O/c1-9(2)11(14)13-12-8-10-6-4-3-5-7-10/h3-9H,1-2H3,(H,13,14)/b12-8-. The van der Waals surface area contributed by atoms with Gasteiger partial charge in [-0.2, -0.15) is 5.10 Å². The van der Waals surface area contributed by atoms with Crippen LogP contribution in [0.2, 0.25) is 0 Å². The third kappa shape index (κ3) is 3.39. The van der Waals surface area contributed by atoms with Crippen LogP contribution < -0.4 is 5.43 Å². The van der Waals surface area contributed by atoms with Gasteiger partial charge in [-0.1, -0.05) is 44.2 Å². The van der Waals surface area contributed by atoms with Crippen LogP contribution in [0.3, 0.4) is 0 Å². The van der Waals surface area contributed by atoms with E-state index in [-0.39, 0.29) is 11.8 Å². The monoisotopic (exact) mass is 190 g/mol. The number of nitrogens with one attached hydrogen (secondary N) is 1. The average molecular weight is 190 g/mol. The number of rotatable bonds is 3. The maximum Gasteiger partial charge on any atom is 0.242 e. The maximum absolute atomic E-state index is 11.1. The lowest BCUT2D eigenvalue weighted by atomic mass is 10.2. The highest BCUT2D eigenvalue weighted by atomic mass is 16.2. The van der Waals surface area contributed by atoms with Gasteiger partial charge < -0.3 is 0 Å². The number of amides is 1. The Bertz CT molecular complexity index is 317. The second-order valence-corrected chi connectivity index (χ2v) is 3.30. The predicted octanol–water partition coefficient (Wildman–Crippen LogP) is 1.79. The van der Waals surface area contributed by atoms with E-state index >= 15 is 0 Å². The van der Waals surface area contributed by atoms with Gasteiger partial charge in [0.25, 0.3) is 0 Å². The summed E-state index contributed by atoms with van der Waals surface area (Å²) in [5, 5.41) is 3.84. The Kier molecular flexibility index (Phi) is 3.85. The highest BCUT2D eigenvalue weighted by molar-refractivity contribution is 5.82. The minimum atomic E-state index is -0.0721. The van der Waals surface area contributed by atoms with Crippen LogP contribution >= 0.6 is 0 Å². The highest BCUT2D eigenvalue weighted by Gasteiger charge is 2.03. The first-order chi connectivity index (χ1) is 6.70. The predicted molar refractivity (Wildman–Crippen MR) is 57.0 cm³/mol. The van der Waals surface area contributed by atoms with Crippen LogP contribution in [0, 0.1) is 5.92 Å². The number of carbonyl (C=O) groups excluding carboxylic acids is 1. The SMILES string of the molecule is CC(C)C(=O)N/N=C\c1ccccc1. The zero-order valence-corrected chi connectivity index (χ0v) is 8.40. The van der Waals surface area contributed by atoms with Gasteiger partial charge >= 0.3 is 0 Å². The zero-order chi connectivity index (χ0) is 10.4. The van der Waals surface area contributed by atoms with E-state index in [2.05, 4.69) is 10.5 Å². The van der Waals surface area contributed by atoms with E-state index in [9.17, 15) is 4.79 Å². The highest BCUT2D eigenvalue weighted by Crippen LogP contribution is 1.94. The van der Waals surface area contributed by atoms with Crippen LogP contribution in [0.15, 0.2) is 35.4 Å². The Hall–Kier alpha value is -1.64. The Morgan fingerprint density at radius 2 is 2.00 bits per heavy atom. The number of hydrogen-bond acceptors (Lipinski definition) is 2. The third-order valence-corrected chi connectivity index (χ3v) is 1.71. The second-order valence-electron chi connectivity index (χ2n) is 3.30. The van der Waals surface area contributed by atoms with E-state index in [0.29, 0.717) is 0 Å². The van der Waals surface area contributed by atoms with Crippen LogP contribution in [0.1, 0.15) is 19.4 Å². The van der Waals surface area contributed by atoms with Gasteiger partial charge in [0.1, 0.15) is 0 Å². The van der Waals surface area contributed by atoms with Crippen molar-refractivity contribution in [3.05, 3.63) is 35.9 Å². The summed E-state index contributed by atoms with van der Waals surface area (Å²) in [6, 6.07) is 9.62. The summed E-state index contributed by atoms with van der Waals surface area (Å²) >= 11 is 0. The van der Waals surface area contributed by atoms with Crippen molar-refractivity contribution in [3.63, 3.8) is 0 Å². The molecule has 0 saturated carbocycles. The lowest BCUT2D eigenvalue weighted by Crippen LogP contribution is -2.22. The largest absolute Gasteiger partial charge is 0.273 e. The molecule has 0 bridgehead atoms. The fourth-order valence-corrected chi connectivity index (χ4v) is 0.839. The lowest BCUT2D eigenvalue weighted by molar-refractivity contribution is -0.123.